The first-order valence-electron chi connectivity index (χ1n) is 6.42. The maximum atomic E-state index is 12.3. The van der Waals surface area contributed by atoms with Crippen molar-refractivity contribution in [3.63, 3.8) is 0 Å². The van der Waals surface area contributed by atoms with E-state index in [1.807, 2.05) is 38.9 Å². The van der Waals surface area contributed by atoms with E-state index in [1.54, 1.807) is 12.1 Å². The molecule has 5 heteroatoms. The molecule has 0 unspecified atom stereocenters. The lowest BCUT2D eigenvalue weighted by molar-refractivity contribution is -0.121. The number of carbonyl (C=O) groups excluding carboxylic acids is 1. The van der Waals surface area contributed by atoms with Crippen LogP contribution in [0.2, 0.25) is 5.02 Å². The number of halogens is 1. The van der Waals surface area contributed by atoms with Gasteiger partial charge in [0.15, 0.2) is 0 Å². The topological polar surface area (TPSA) is 58.4 Å². The number of hydrogen-bond acceptors (Lipinski definition) is 3. The van der Waals surface area contributed by atoms with Gasteiger partial charge >= 0.3 is 0 Å². The smallest absolute Gasteiger partial charge is 0.244 e. The number of amides is 1. The molecule has 3 N–H and O–H groups in total. The maximum Gasteiger partial charge on any atom is 0.244 e. The lowest BCUT2D eigenvalue weighted by Crippen LogP contribution is -2.50. The average Bonchev–Trinajstić information content (AvgIpc) is 2.37. The summed E-state index contributed by atoms with van der Waals surface area (Å²) in [4.78, 5) is 14.2. The molecule has 0 aromatic heterocycles. The van der Waals surface area contributed by atoms with Gasteiger partial charge in [0.25, 0.3) is 0 Å². The molecule has 0 heterocycles. The summed E-state index contributed by atoms with van der Waals surface area (Å²) in [5.41, 5.74) is 6.72. The van der Waals surface area contributed by atoms with Crippen LogP contribution in [0.15, 0.2) is 18.2 Å². The molecule has 0 saturated carbocycles. The first-order valence-corrected chi connectivity index (χ1v) is 6.79. The number of rotatable bonds is 5. The van der Waals surface area contributed by atoms with Crippen LogP contribution in [-0.2, 0) is 4.79 Å². The highest BCUT2D eigenvalue weighted by Crippen LogP contribution is 2.33. The molecular formula is C14H22ClN3O. The van der Waals surface area contributed by atoms with Crippen molar-refractivity contribution in [2.75, 3.05) is 24.3 Å². The van der Waals surface area contributed by atoms with Crippen LogP contribution >= 0.6 is 11.6 Å². The Hall–Kier alpha value is -1.26. The summed E-state index contributed by atoms with van der Waals surface area (Å²) in [5.74, 6) is -0.178. The standard InChI is InChI=1S/C14H22ClN3O/c1-5-14(16,6-2)13(19)17-11-9-7-8-10(15)12(11)18(3)4/h7-9H,5-6,16H2,1-4H3,(H,17,19). The summed E-state index contributed by atoms with van der Waals surface area (Å²) in [6.45, 7) is 3.82. The molecule has 1 aromatic rings. The van der Waals surface area contributed by atoms with E-state index in [1.165, 1.54) is 0 Å². The lowest BCUT2D eigenvalue weighted by Gasteiger charge is -2.27. The average molecular weight is 284 g/mol. The molecule has 0 bridgehead atoms. The molecule has 4 nitrogen and oxygen atoms in total. The fourth-order valence-corrected chi connectivity index (χ4v) is 2.23. The van der Waals surface area contributed by atoms with Gasteiger partial charge in [0.2, 0.25) is 5.91 Å². The Bertz CT molecular complexity index is 456. The molecule has 0 aliphatic heterocycles. The number of nitrogens with two attached hydrogens (primary N) is 1. The fraction of sp³-hybridized carbons (Fsp3) is 0.500. The minimum absolute atomic E-state index is 0.178. The monoisotopic (exact) mass is 283 g/mol. The van der Waals surface area contributed by atoms with Gasteiger partial charge in [-0.2, -0.15) is 0 Å². The van der Waals surface area contributed by atoms with Crippen molar-refractivity contribution in [1.29, 1.82) is 0 Å². The van der Waals surface area contributed by atoms with E-state index in [0.717, 1.165) is 5.69 Å². The van der Waals surface area contributed by atoms with Gasteiger partial charge in [-0.1, -0.05) is 31.5 Å². The Balaban J connectivity index is 3.07. The van der Waals surface area contributed by atoms with Gasteiger partial charge in [-0.05, 0) is 25.0 Å². The normalized spacial score (nSPS) is 11.3. The van der Waals surface area contributed by atoms with Crippen LogP contribution in [0.5, 0.6) is 0 Å². The maximum absolute atomic E-state index is 12.3. The van der Waals surface area contributed by atoms with Gasteiger partial charge < -0.3 is 16.0 Å². The molecular weight excluding hydrogens is 262 g/mol. The Kier molecular flexibility index (Phi) is 5.20. The summed E-state index contributed by atoms with van der Waals surface area (Å²) in [7, 11) is 3.76. The number of para-hydroxylation sites is 1. The third-order valence-corrected chi connectivity index (χ3v) is 3.70. The number of nitrogens with one attached hydrogen (secondary N) is 1. The van der Waals surface area contributed by atoms with Gasteiger partial charge in [0.05, 0.1) is 21.9 Å². The van der Waals surface area contributed by atoms with Crippen molar-refractivity contribution in [1.82, 2.24) is 0 Å². The van der Waals surface area contributed by atoms with Gasteiger partial charge in [-0.3, -0.25) is 4.79 Å². The zero-order valence-corrected chi connectivity index (χ0v) is 12.7. The number of hydrogen-bond donors (Lipinski definition) is 2. The molecule has 19 heavy (non-hydrogen) atoms. The van der Waals surface area contributed by atoms with E-state index in [0.29, 0.717) is 23.6 Å². The fourth-order valence-electron chi connectivity index (χ4n) is 1.89. The third-order valence-electron chi connectivity index (χ3n) is 3.40. The molecule has 0 aliphatic carbocycles. The zero-order chi connectivity index (χ0) is 14.6. The van der Waals surface area contributed by atoms with E-state index < -0.39 is 5.54 Å². The number of carbonyl (C=O) groups is 1. The molecule has 0 spiro atoms. The first kappa shape index (κ1) is 15.8. The Morgan fingerprint density at radius 1 is 1.37 bits per heavy atom. The molecule has 106 valence electrons. The highest BCUT2D eigenvalue weighted by Gasteiger charge is 2.30. The highest BCUT2D eigenvalue weighted by atomic mass is 35.5. The second kappa shape index (κ2) is 6.26. The van der Waals surface area contributed by atoms with Crippen molar-refractivity contribution in [2.45, 2.75) is 32.2 Å². The summed E-state index contributed by atoms with van der Waals surface area (Å²) >= 11 is 6.17. The van der Waals surface area contributed by atoms with Crippen LogP contribution in [0.4, 0.5) is 11.4 Å². The number of benzene rings is 1. The van der Waals surface area contributed by atoms with Crippen molar-refractivity contribution < 1.29 is 4.79 Å². The highest BCUT2D eigenvalue weighted by molar-refractivity contribution is 6.34. The zero-order valence-electron chi connectivity index (χ0n) is 12.0. The second-order valence-electron chi connectivity index (χ2n) is 4.85. The quantitative estimate of drug-likeness (QED) is 0.874. The van der Waals surface area contributed by atoms with Crippen LogP contribution < -0.4 is 16.0 Å². The van der Waals surface area contributed by atoms with Crippen LogP contribution in [0.1, 0.15) is 26.7 Å². The van der Waals surface area contributed by atoms with Crippen LogP contribution in [0.3, 0.4) is 0 Å². The van der Waals surface area contributed by atoms with E-state index in [4.69, 9.17) is 17.3 Å². The molecule has 1 aromatic carbocycles. The van der Waals surface area contributed by atoms with Crippen molar-refractivity contribution in [3.05, 3.63) is 23.2 Å². The summed E-state index contributed by atoms with van der Waals surface area (Å²) in [6.07, 6.45) is 1.18. The number of nitrogens with zero attached hydrogens (tertiary/aromatic N) is 1. The molecule has 0 radical (unpaired) electrons. The Morgan fingerprint density at radius 3 is 2.42 bits per heavy atom. The van der Waals surface area contributed by atoms with E-state index in [2.05, 4.69) is 5.32 Å². The predicted octanol–water partition coefficient (Wildman–Crippen LogP) is 2.86. The first-order chi connectivity index (χ1) is 8.85. The Morgan fingerprint density at radius 2 is 1.95 bits per heavy atom. The molecule has 0 saturated heterocycles. The third kappa shape index (κ3) is 3.39. The molecule has 0 fully saturated rings. The minimum Gasteiger partial charge on any atom is -0.375 e. The molecule has 0 atom stereocenters. The van der Waals surface area contributed by atoms with Crippen molar-refractivity contribution in [3.8, 4) is 0 Å². The largest absolute Gasteiger partial charge is 0.375 e. The summed E-state index contributed by atoms with van der Waals surface area (Å²) < 4.78 is 0. The SMILES string of the molecule is CCC(N)(CC)C(=O)Nc1cccc(Cl)c1N(C)C. The predicted molar refractivity (Wildman–Crippen MR) is 81.9 cm³/mol. The van der Waals surface area contributed by atoms with Gasteiger partial charge in [-0.25, -0.2) is 0 Å². The molecule has 1 amide bonds. The van der Waals surface area contributed by atoms with E-state index >= 15 is 0 Å². The molecule has 0 aliphatic rings. The van der Waals surface area contributed by atoms with Crippen LogP contribution in [-0.4, -0.2) is 25.5 Å². The van der Waals surface area contributed by atoms with Crippen LogP contribution in [0.25, 0.3) is 0 Å². The number of anilines is 2. The van der Waals surface area contributed by atoms with Crippen LogP contribution in [0, 0.1) is 0 Å². The van der Waals surface area contributed by atoms with Crippen molar-refractivity contribution in [2.24, 2.45) is 5.73 Å². The van der Waals surface area contributed by atoms with E-state index in [-0.39, 0.29) is 5.91 Å². The Labute approximate surface area is 119 Å². The summed E-state index contributed by atoms with van der Waals surface area (Å²) in [5, 5.41) is 3.48. The minimum atomic E-state index is -0.841. The lowest BCUT2D eigenvalue weighted by atomic mass is 9.93. The van der Waals surface area contributed by atoms with Gasteiger partial charge in [0, 0.05) is 14.1 Å². The van der Waals surface area contributed by atoms with E-state index in [9.17, 15) is 4.79 Å². The summed E-state index contributed by atoms with van der Waals surface area (Å²) in [6, 6.07) is 5.42. The van der Waals surface area contributed by atoms with Gasteiger partial charge in [-0.15, -0.1) is 0 Å². The second-order valence-corrected chi connectivity index (χ2v) is 5.26. The molecule has 1 rings (SSSR count). The van der Waals surface area contributed by atoms with Gasteiger partial charge in [0.1, 0.15) is 0 Å². The van der Waals surface area contributed by atoms with Crippen molar-refractivity contribution >= 4 is 28.9 Å².